The molecule has 14 nitrogen and oxygen atoms in total. The molecule has 0 spiro atoms. The topological polar surface area (TPSA) is 189 Å². The lowest BCUT2D eigenvalue weighted by Crippen LogP contribution is -2.25. The van der Waals surface area contributed by atoms with Crippen molar-refractivity contribution in [2.45, 2.75) is 71.5 Å². The molecule has 2 N–H and O–H groups in total. The fourth-order valence-corrected chi connectivity index (χ4v) is 5.13. The predicted octanol–water partition coefficient (Wildman–Crippen LogP) is 3.96. The Balaban J connectivity index is 2.22. The maximum Gasteiger partial charge on any atom is 0.355 e. The Morgan fingerprint density at radius 3 is 1.73 bits per heavy atom. The molecule has 0 bridgehead atoms. The molecule has 0 amide bonds. The molecule has 1 aromatic carbocycles. The van der Waals surface area contributed by atoms with Crippen LogP contribution >= 0.6 is 0 Å². The van der Waals surface area contributed by atoms with Gasteiger partial charge in [-0.2, -0.15) is 0 Å². The number of methoxy groups -OCH3 is 4. The van der Waals surface area contributed by atoms with E-state index in [4.69, 9.17) is 28.4 Å². The molecular formula is C35H42N2O12. The Bertz CT molecular complexity index is 1680. The van der Waals surface area contributed by atoms with E-state index in [0.29, 0.717) is 16.8 Å². The van der Waals surface area contributed by atoms with Crippen molar-refractivity contribution in [3.8, 4) is 0 Å². The van der Waals surface area contributed by atoms with Gasteiger partial charge in [0.15, 0.2) is 0 Å². The second kappa shape index (κ2) is 17.1. The molecule has 0 aliphatic heterocycles. The summed E-state index contributed by atoms with van der Waals surface area (Å²) in [5.41, 5.74) is 0.970. The number of esters is 6. The summed E-state index contributed by atoms with van der Waals surface area (Å²) < 4.78 is 30.8. The number of aromatic amines is 2. The molecule has 0 radical (unpaired) electrons. The van der Waals surface area contributed by atoms with E-state index in [1.165, 1.54) is 28.4 Å². The van der Waals surface area contributed by atoms with Gasteiger partial charge in [0.2, 0.25) is 0 Å². The van der Waals surface area contributed by atoms with Gasteiger partial charge in [0.25, 0.3) is 0 Å². The van der Waals surface area contributed by atoms with E-state index in [9.17, 15) is 28.8 Å². The van der Waals surface area contributed by atoms with Crippen LogP contribution in [-0.4, -0.2) is 79.8 Å². The molecule has 2 heterocycles. The summed E-state index contributed by atoms with van der Waals surface area (Å²) in [7, 11) is 4.82. The van der Waals surface area contributed by atoms with Crippen LogP contribution in [0.3, 0.4) is 0 Å². The average molecular weight is 683 g/mol. The SMILES string of the molecule is COC(=O)CCc1c(C(=O)OC(C)(C)C)[nH]c(Cc2[nH]c(C(=O)OCc3ccccc3)c(CCC(=O)OC)c2C(=O)OC)c1CC(=O)OC. The molecule has 0 unspecified atom stereocenters. The minimum atomic E-state index is -0.883. The van der Waals surface area contributed by atoms with E-state index in [0.717, 1.165) is 5.56 Å². The number of carbonyl (C=O) groups excluding carboxylic acids is 6. The van der Waals surface area contributed by atoms with Gasteiger partial charge in [0, 0.05) is 30.7 Å². The van der Waals surface area contributed by atoms with Crippen molar-refractivity contribution in [2.75, 3.05) is 28.4 Å². The Morgan fingerprint density at radius 1 is 0.633 bits per heavy atom. The maximum absolute atomic E-state index is 13.5. The van der Waals surface area contributed by atoms with Crippen molar-refractivity contribution in [1.82, 2.24) is 9.97 Å². The number of aromatic nitrogens is 2. The number of hydrogen-bond acceptors (Lipinski definition) is 12. The number of rotatable bonds is 15. The summed E-state index contributed by atoms with van der Waals surface area (Å²) in [6.45, 7) is 5.00. The molecule has 0 aliphatic carbocycles. The first kappa shape index (κ1) is 38.1. The first-order valence-corrected chi connectivity index (χ1v) is 15.4. The fourth-order valence-electron chi connectivity index (χ4n) is 5.13. The Morgan fingerprint density at radius 2 is 1.18 bits per heavy atom. The van der Waals surface area contributed by atoms with E-state index >= 15 is 0 Å². The zero-order valence-corrected chi connectivity index (χ0v) is 28.7. The van der Waals surface area contributed by atoms with Gasteiger partial charge in [-0.3, -0.25) is 14.4 Å². The van der Waals surface area contributed by atoms with Crippen molar-refractivity contribution < 1.29 is 57.2 Å². The van der Waals surface area contributed by atoms with Gasteiger partial charge in [-0.05, 0) is 55.9 Å². The van der Waals surface area contributed by atoms with E-state index in [-0.39, 0.29) is 73.3 Å². The molecule has 3 rings (SSSR count). The van der Waals surface area contributed by atoms with Crippen LogP contribution in [0.25, 0.3) is 0 Å². The highest BCUT2D eigenvalue weighted by atomic mass is 16.6. The third kappa shape index (κ3) is 10.3. The predicted molar refractivity (Wildman–Crippen MR) is 173 cm³/mol. The third-order valence-electron chi connectivity index (χ3n) is 7.41. The largest absolute Gasteiger partial charge is 0.469 e. The van der Waals surface area contributed by atoms with Gasteiger partial charge in [-0.25, -0.2) is 14.4 Å². The van der Waals surface area contributed by atoms with Gasteiger partial charge in [-0.1, -0.05) is 30.3 Å². The average Bonchev–Trinajstić information content (AvgIpc) is 3.61. The van der Waals surface area contributed by atoms with Gasteiger partial charge in [0.1, 0.15) is 23.6 Å². The zero-order valence-electron chi connectivity index (χ0n) is 28.7. The summed E-state index contributed by atoms with van der Waals surface area (Å²) in [5.74, 6) is -4.12. The van der Waals surface area contributed by atoms with Crippen molar-refractivity contribution in [1.29, 1.82) is 0 Å². The lowest BCUT2D eigenvalue weighted by Gasteiger charge is -2.19. The highest BCUT2D eigenvalue weighted by Gasteiger charge is 2.32. The standard InChI is InChI=1S/C35H42N2O12/c1-35(2,3)49-34(43)30-21(13-15-26(38)44-4)23(17-28(40)46-6)24(36-30)18-25-29(32(41)47-7)22(14-16-27(39)45-5)31(37-25)33(42)48-19-20-11-9-8-10-12-20/h8-12,36-37H,13-19H2,1-7H3. The Labute approximate surface area is 283 Å². The Kier molecular flexibility index (Phi) is 13.3. The smallest absolute Gasteiger partial charge is 0.355 e. The number of hydrogen-bond donors (Lipinski definition) is 2. The van der Waals surface area contributed by atoms with Crippen molar-refractivity contribution in [3.63, 3.8) is 0 Å². The number of carbonyl (C=O) groups is 6. The van der Waals surface area contributed by atoms with Crippen LogP contribution in [0.2, 0.25) is 0 Å². The lowest BCUT2D eigenvalue weighted by molar-refractivity contribution is -0.141. The fraction of sp³-hybridized carbons (Fsp3) is 0.429. The minimum Gasteiger partial charge on any atom is -0.469 e. The van der Waals surface area contributed by atoms with Crippen LogP contribution in [0.15, 0.2) is 30.3 Å². The van der Waals surface area contributed by atoms with E-state index in [1.54, 1.807) is 45.0 Å². The highest BCUT2D eigenvalue weighted by Crippen LogP contribution is 2.30. The van der Waals surface area contributed by atoms with Crippen LogP contribution in [-0.2, 0) is 75.1 Å². The van der Waals surface area contributed by atoms with Crippen LogP contribution < -0.4 is 0 Å². The normalized spacial score (nSPS) is 11.0. The molecule has 14 heteroatoms. The van der Waals surface area contributed by atoms with Crippen LogP contribution in [0.4, 0.5) is 0 Å². The van der Waals surface area contributed by atoms with Gasteiger partial charge in [-0.15, -0.1) is 0 Å². The van der Waals surface area contributed by atoms with Crippen molar-refractivity contribution in [3.05, 3.63) is 80.9 Å². The number of ether oxygens (including phenoxy) is 6. The molecule has 0 saturated heterocycles. The Hall–Kier alpha value is -5.40. The molecule has 264 valence electrons. The molecule has 0 saturated carbocycles. The van der Waals surface area contributed by atoms with Crippen LogP contribution in [0, 0.1) is 0 Å². The van der Waals surface area contributed by atoms with Gasteiger partial charge >= 0.3 is 35.8 Å². The quantitative estimate of drug-likeness (QED) is 0.174. The molecule has 0 fully saturated rings. The molecule has 49 heavy (non-hydrogen) atoms. The molecule has 0 aliphatic rings. The number of H-pyrrole nitrogens is 2. The highest BCUT2D eigenvalue weighted by molar-refractivity contribution is 5.99. The minimum absolute atomic E-state index is 0.000103. The number of nitrogens with one attached hydrogen (secondary N) is 2. The first-order chi connectivity index (χ1) is 23.2. The molecule has 0 atom stereocenters. The molecular weight excluding hydrogens is 640 g/mol. The van der Waals surface area contributed by atoms with Gasteiger partial charge in [0.05, 0.1) is 40.4 Å². The second-order valence-electron chi connectivity index (χ2n) is 11.9. The van der Waals surface area contributed by atoms with E-state index in [2.05, 4.69) is 9.97 Å². The maximum atomic E-state index is 13.5. The summed E-state index contributed by atoms with van der Waals surface area (Å²) in [6.07, 6.45) is -0.855. The van der Waals surface area contributed by atoms with E-state index in [1.807, 2.05) is 6.07 Å². The zero-order chi connectivity index (χ0) is 36.3. The monoisotopic (exact) mass is 682 g/mol. The van der Waals surface area contributed by atoms with Crippen molar-refractivity contribution >= 4 is 35.8 Å². The van der Waals surface area contributed by atoms with Crippen LogP contribution in [0.5, 0.6) is 0 Å². The first-order valence-electron chi connectivity index (χ1n) is 15.4. The summed E-state index contributed by atoms with van der Waals surface area (Å²) in [6, 6.07) is 8.96. The summed E-state index contributed by atoms with van der Waals surface area (Å²) >= 11 is 0. The summed E-state index contributed by atoms with van der Waals surface area (Å²) in [5, 5.41) is 0. The lowest BCUT2D eigenvalue weighted by atomic mass is 9.97. The third-order valence-corrected chi connectivity index (χ3v) is 7.41. The van der Waals surface area contributed by atoms with Crippen LogP contribution in [0.1, 0.15) is 98.6 Å². The van der Waals surface area contributed by atoms with E-state index < -0.39 is 41.4 Å². The molecule has 2 aromatic heterocycles. The second-order valence-corrected chi connectivity index (χ2v) is 11.9. The van der Waals surface area contributed by atoms with Crippen molar-refractivity contribution in [2.24, 2.45) is 0 Å². The molecule has 3 aromatic rings. The summed E-state index contributed by atoms with van der Waals surface area (Å²) in [4.78, 5) is 83.2. The number of benzene rings is 1. The van der Waals surface area contributed by atoms with Gasteiger partial charge < -0.3 is 38.4 Å².